The highest BCUT2D eigenvalue weighted by molar-refractivity contribution is 7.19. The fraction of sp³-hybridized carbons (Fsp3) is 0.571. The minimum absolute atomic E-state index is 0.0465. The largest absolute Gasteiger partial charge is 0.573 e. The molecule has 0 atom stereocenters. The van der Waals surface area contributed by atoms with Crippen LogP contribution in [0.2, 0.25) is 0 Å². The average molecular weight is 470 g/mol. The number of hydrogen-bond acceptors (Lipinski definition) is 7. The summed E-state index contributed by atoms with van der Waals surface area (Å²) in [7, 11) is 0. The van der Waals surface area contributed by atoms with Crippen molar-refractivity contribution >= 4 is 27.5 Å². The summed E-state index contributed by atoms with van der Waals surface area (Å²) in [6.45, 7) is 6.40. The first-order valence-electron chi connectivity index (χ1n) is 10.5. The van der Waals surface area contributed by atoms with E-state index >= 15 is 0 Å². The summed E-state index contributed by atoms with van der Waals surface area (Å²) in [6.07, 6.45) is -2.24. The van der Waals surface area contributed by atoms with Crippen LogP contribution >= 0.6 is 11.3 Å². The highest BCUT2D eigenvalue weighted by Crippen LogP contribution is 2.53. The van der Waals surface area contributed by atoms with Crippen LogP contribution in [-0.2, 0) is 11.3 Å². The summed E-state index contributed by atoms with van der Waals surface area (Å²) in [4.78, 5) is 14.5. The molecule has 1 amide bonds. The Hall–Kier alpha value is -2.40. The fourth-order valence-electron chi connectivity index (χ4n) is 4.69. The molecule has 1 spiro atoms. The number of amides is 1. The number of rotatable bonds is 8. The lowest BCUT2D eigenvalue weighted by Crippen LogP contribution is -2.61. The molecule has 2 N–H and O–H groups in total. The summed E-state index contributed by atoms with van der Waals surface area (Å²) in [5, 5.41) is 15.2. The molecule has 32 heavy (non-hydrogen) atoms. The number of carbonyl (C=O) groups is 1. The van der Waals surface area contributed by atoms with Gasteiger partial charge in [-0.1, -0.05) is 23.5 Å². The first-order chi connectivity index (χ1) is 15.1. The van der Waals surface area contributed by atoms with Crippen LogP contribution in [0.3, 0.4) is 0 Å². The van der Waals surface area contributed by atoms with Gasteiger partial charge in [-0.15, -0.1) is 23.4 Å². The summed E-state index contributed by atoms with van der Waals surface area (Å²) < 4.78 is 41.2. The Labute approximate surface area is 188 Å². The highest BCUT2D eigenvalue weighted by atomic mass is 32.1. The van der Waals surface area contributed by atoms with Crippen molar-refractivity contribution in [1.29, 1.82) is 0 Å². The normalized spacial score (nSPS) is 18.3. The van der Waals surface area contributed by atoms with Gasteiger partial charge in [-0.2, -0.15) is 0 Å². The molecule has 1 aliphatic carbocycles. The van der Waals surface area contributed by atoms with Crippen LogP contribution in [0.25, 0.3) is 0 Å². The maximum absolute atomic E-state index is 12.4. The third-order valence-electron chi connectivity index (χ3n) is 5.66. The first-order valence-corrected chi connectivity index (χ1v) is 11.4. The van der Waals surface area contributed by atoms with Gasteiger partial charge in [0.05, 0.1) is 0 Å². The second-order valence-corrected chi connectivity index (χ2v) is 10.1. The van der Waals surface area contributed by atoms with Crippen molar-refractivity contribution in [3.05, 3.63) is 29.8 Å². The Kier molecular flexibility index (Phi) is 6.30. The van der Waals surface area contributed by atoms with Crippen molar-refractivity contribution < 1.29 is 22.7 Å². The van der Waals surface area contributed by atoms with Gasteiger partial charge in [-0.25, -0.2) is 0 Å². The number of carbonyl (C=O) groups excluding carboxylic acids is 1. The number of aromatic nitrogens is 2. The quantitative estimate of drug-likeness (QED) is 0.593. The molecule has 0 radical (unpaired) electrons. The van der Waals surface area contributed by atoms with E-state index in [1.165, 1.54) is 23.5 Å². The standard InChI is InChI=1S/C21H26F3N5O2S/c1-13(2)25-18-27-28-19(32-18)26-17(30)7-15-8-20(9-15)11-29(12-20)10-14-4-3-5-16(6-14)31-21(22,23)24/h3-6,13,15H,7-12H2,1-2H3,(H,25,27)(H,26,28,30). The second-order valence-electron chi connectivity index (χ2n) is 9.08. The SMILES string of the molecule is CC(C)Nc1nnc(NC(=O)CC2CC3(C2)CN(Cc2cccc(OC(F)(F)F)c2)C3)s1. The monoisotopic (exact) mass is 469 g/mol. The van der Waals surface area contributed by atoms with E-state index < -0.39 is 6.36 Å². The number of halogens is 3. The van der Waals surface area contributed by atoms with E-state index in [1.807, 2.05) is 13.8 Å². The number of nitrogens with zero attached hydrogens (tertiary/aromatic N) is 3. The fourth-order valence-corrected chi connectivity index (χ4v) is 5.50. The second kappa shape index (κ2) is 8.86. The highest BCUT2D eigenvalue weighted by Gasteiger charge is 2.52. The predicted octanol–water partition coefficient (Wildman–Crippen LogP) is 4.50. The van der Waals surface area contributed by atoms with Gasteiger partial charge < -0.3 is 15.4 Å². The van der Waals surface area contributed by atoms with Gasteiger partial charge in [0.2, 0.25) is 16.2 Å². The molecule has 174 valence electrons. The van der Waals surface area contributed by atoms with Gasteiger partial charge in [-0.3, -0.25) is 9.69 Å². The maximum atomic E-state index is 12.4. The molecule has 2 aliphatic rings. The van der Waals surface area contributed by atoms with Gasteiger partial charge >= 0.3 is 6.36 Å². The van der Waals surface area contributed by atoms with Crippen molar-refractivity contribution in [2.75, 3.05) is 23.7 Å². The van der Waals surface area contributed by atoms with Crippen molar-refractivity contribution in [1.82, 2.24) is 15.1 Å². The number of benzene rings is 1. The summed E-state index contributed by atoms with van der Waals surface area (Å²) in [5.74, 6) is 0.110. The van der Waals surface area contributed by atoms with Crippen molar-refractivity contribution in [2.45, 2.75) is 52.1 Å². The van der Waals surface area contributed by atoms with Crippen LogP contribution in [0.5, 0.6) is 5.75 Å². The molecule has 1 aliphatic heterocycles. The molecule has 2 heterocycles. The Balaban J connectivity index is 1.17. The number of ether oxygens (including phenoxy) is 1. The summed E-state index contributed by atoms with van der Waals surface area (Å²) >= 11 is 1.32. The molecular weight excluding hydrogens is 443 g/mol. The van der Waals surface area contributed by atoms with Crippen molar-refractivity contribution in [2.24, 2.45) is 11.3 Å². The van der Waals surface area contributed by atoms with Crippen molar-refractivity contribution in [3.63, 3.8) is 0 Å². The van der Waals surface area contributed by atoms with Crippen LogP contribution < -0.4 is 15.4 Å². The smallest absolute Gasteiger partial charge is 0.406 e. The van der Waals surface area contributed by atoms with Crippen LogP contribution in [-0.4, -0.2) is 46.5 Å². The molecule has 0 bridgehead atoms. The van der Waals surface area contributed by atoms with Gasteiger partial charge in [0, 0.05) is 32.1 Å². The summed E-state index contributed by atoms with van der Waals surface area (Å²) in [6, 6.07) is 6.36. The number of nitrogens with one attached hydrogen (secondary N) is 2. The molecule has 2 fully saturated rings. The Bertz CT molecular complexity index is 951. The van der Waals surface area contributed by atoms with Gasteiger partial charge in [0.1, 0.15) is 5.75 Å². The third kappa shape index (κ3) is 5.89. The molecule has 11 heteroatoms. The van der Waals surface area contributed by atoms with E-state index in [2.05, 4.69) is 30.5 Å². The molecule has 1 saturated carbocycles. The predicted molar refractivity (Wildman–Crippen MR) is 115 cm³/mol. The lowest BCUT2D eigenvalue weighted by Gasteiger charge is -2.59. The van der Waals surface area contributed by atoms with Crippen LogP contribution in [0.1, 0.15) is 38.7 Å². The summed E-state index contributed by atoms with van der Waals surface area (Å²) in [5.41, 5.74) is 1.03. The zero-order valence-corrected chi connectivity index (χ0v) is 18.7. The molecule has 1 saturated heterocycles. The van der Waals surface area contributed by atoms with E-state index in [0.29, 0.717) is 29.1 Å². The minimum Gasteiger partial charge on any atom is -0.406 e. The van der Waals surface area contributed by atoms with Crippen LogP contribution in [0.15, 0.2) is 24.3 Å². The van der Waals surface area contributed by atoms with Crippen LogP contribution in [0.4, 0.5) is 23.4 Å². The zero-order chi connectivity index (χ0) is 22.9. The first kappa shape index (κ1) is 22.8. The number of anilines is 2. The Morgan fingerprint density at radius 1 is 1.28 bits per heavy atom. The topological polar surface area (TPSA) is 79.4 Å². The molecule has 7 nitrogen and oxygen atoms in total. The van der Waals surface area contributed by atoms with E-state index in [9.17, 15) is 18.0 Å². The number of likely N-dealkylation sites (tertiary alicyclic amines) is 1. The zero-order valence-electron chi connectivity index (χ0n) is 17.9. The average Bonchev–Trinajstić information content (AvgIpc) is 3.02. The molecule has 1 aromatic carbocycles. The molecular formula is C21H26F3N5O2S. The Morgan fingerprint density at radius 2 is 2.00 bits per heavy atom. The van der Waals surface area contributed by atoms with Crippen LogP contribution in [0, 0.1) is 11.3 Å². The lowest BCUT2D eigenvalue weighted by molar-refractivity contribution is -0.274. The van der Waals surface area contributed by atoms with Crippen molar-refractivity contribution in [3.8, 4) is 5.75 Å². The number of hydrogen-bond donors (Lipinski definition) is 2. The van der Waals surface area contributed by atoms with E-state index in [1.54, 1.807) is 12.1 Å². The number of alkyl halides is 3. The van der Waals surface area contributed by atoms with Gasteiger partial charge in [0.25, 0.3) is 0 Å². The maximum Gasteiger partial charge on any atom is 0.573 e. The van der Waals surface area contributed by atoms with Gasteiger partial charge in [-0.05, 0) is 55.7 Å². The minimum atomic E-state index is -4.68. The van der Waals surface area contributed by atoms with E-state index in [0.717, 1.165) is 31.5 Å². The van der Waals surface area contributed by atoms with E-state index in [-0.39, 0.29) is 23.1 Å². The molecule has 4 rings (SSSR count). The van der Waals surface area contributed by atoms with Gasteiger partial charge in [0.15, 0.2) is 0 Å². The Morgan fingerprint density at radius 3 is 2.69 bits per heavy atom. The molecule has 0 unspecified atom stereocenters. The molecule has 1 aromatic heterocycles. The third-order valence-corrected chi connectivity index (χ3v) is 6.43. The molecule has 2 aromatic rings. The van der Waals surface area contributed by atoms with E-state index in [4.69, 9.17) is 0 Å². The lowest BCUT2D eigenvalue weighted by atomic mass is 9.57.